The van der Waals surface area contributed by atoms with Gasteiger partial charge in [-0.05, 0) is 0 Å². The Morgan fingerprint density at radius 2 is 1.80 bits per heavy atom. The van der Waals surface area contributed by atoms with Crippen molar-refractivity contribution in [2.45, 2.75) is 13.0 Å². The summed E-state index contributed by atoms with van der Waals surface area (Å²) >= 11 is 0. The number of hydrogen-bond donors (Lipinski definition) is 1. The van der Waals surface area contributed by atoms with Crippen LogP contribution < -0.4 is 0 Å². The predicted molar refractivity (Wildman–Crippen MR) is 72.1 cm³/mol. The van der Waals surface area contributed by atoms with Crippen molar-refractivity contribution in [2.75, 3.05) is 59.1 Å². The number of morpholine rings is 1. The number of nitrogens with zero attached hydrogens (tertiary/aromatic N) is 3. The fraction of sp³-hybridized carbons (Fsp3) is 0.846. The number of aliphatic hydroxyl groups excluding tert-OH is 1. The van der Waals surface area contributed by atoms with E-state index in [1.165, 1.54) is 0 Å². The second-order valence-electron chi connectivity index (χ2n) is 5.27. The molecule has 1 unspecified atom stereocenters. The van der Waals surface area contributed by atoms with E-state index in [2.05, 4.69) is 0 Å². The predicted octanol–water partition coefficient (Wildman–Crippen LogP) is -1.63. The Morgan fingerprint density at radius 1 is 1.15 bits per heavy atom. The average Bonchev–Trinajstić information content (AvgIpc) is 2.48. The van der Waals surface area contributed by atoms with E-state index in [9.17, 15) is 14.7 Å². The van der Waals surface area contributed by atoms with Crippen molar-refractivity contribution in [1.82, 2.24) is 14.7 Å². The molecule has 0 bridgehead atoms. The molecule has 1 atom stereocenters. The van der Waals surface area contributed by atoms with E-state index in [0.717, 1.165) is 0 Å². The third kappa shape index (κ3) is 3.68. The number of ether oxygens (including phenoxy) is 1. The molecule has 2 fully saturated rings. The zero-order valence-electron chi connectivity index (χ0n) is 12.0. The first kappa shape index (κ1) is 15.2. The van der Waals surface area contributed by atoms with Gasteiger partial charge >= 0.3 is 0 Å². The van der Waals surface area contributed by atoms with Crippen LogP contribution in [-0.2, 0) is 14.3 Å². The summed E-state index contributed by atoms with van der Waals surface area (Å²) in [6, 6.07) is -0.0915. The van der Waals surface area contributed by atoms with Crippen molar-refractivity contribution in [3.05, 3.63) is 0 Å². The van der Waals surface area contributed by atoms with Crippen LogP contribution in [0.2, 0.25) is 0 Å². The first-order chi connectivity index (χ1) is 9.61. The minimum absolute atomic E-state index is 0.00535. The van der Waals surface area contributed by atoms with E-state index in [4.69, 9.17) is 4.74 Å². The van der Waals surface area contributed by atoms with Gasteiger partial charge in [0.25, 0.3) is 0 Å². The second-order valence-corrected chi connectivity index (χ2v) is 5.27. The molecule has 0 saturated carbocycles. The van der Waals surface area contributed by atoms with Crippen LogP contribution in [-0.4, -0.2) is 96.8 Å². The maximum absolute atomic E-state index is 12.3. The van der Waals surface area contributed by atoms with Gasteiger partial charge in [-0.3, -0.25) is 14.5 Å². The third-order valence-corrected chi connectivity index (χ3v) is 3.98. The topological polar surface area (TPSA) is 73.3 Å². The van der Waals surface area contributed by atoms with Crippen LogP contribution in [0.3, 0.4) is 0 Å². The Kier molecular flexibility index (Phi) is 5.33. The summed E-state index contributed by atoms with van der Waals surface area (Å²) in [5, 5.41) is 9.29. The number of rotatable bonds is 3. The largest absolute Gasteiger partial charge is 0.395 e. The molecule has 0 radical (unpaired) electrons. The molecular weight excluding hydrogens is 262 g/mol. The van der Waals surface area contributed by atoms with E-state index in [0.29, 0.717) is 52.5 Å². The fourth-order valence-electron chi connectivity index (χ4n) is 2.61. The number of hydrogen-bond acceptors (Lipinski definition) is 5. The molecule has 20 heavy (non-hydrogen) atoms. The van der Waals surface area contributed by atoms with Gasteiger partial charge in [-0.2, -0.15) is 0 Å². The standard InChI is InChI=1S/C13H23N3O4/c1-11(18)14-2-4-15(5-3-14)13(19)8-16-6-7-20-10-12(16)9-17/h12,17H,2-10H2,1H3. The molecule has 2 heterocycles. The second kappa shape index (κ2) is 7.01. The monoisotopic (exact) mass is 285 g/mol. The molecule has 114 valence electrons. The quantitative estimate of drug-likeness (QED) is 0.674. The Labute approximate surface area is 119 Å². The van der Waals surface area contributed by atoms with E-state index < -0.39 is 0 Å². The molecule has 0 aromatic rings. The summed E-state index contributed by atoms with van der Waals surface area (Å²) in [7, 11) is 0. The van der Waals surface area contributed by atoms with E-state index in [1.807, 2.05) is 4.90 Å². The zero-order valence-corrected chi connectivity index (χ0v) is 12.0. The lowest BCUT2D eigenvalue weighted by Crippen LogP contribution is -2.55. The lowest BCUT2D eigenvalue weighted by Gasteiger charge is -2.38. The highest BCUT2D eigenvalue weighted by Crippen LogP contribution is 2.08. The highest BCUT2D eigenvalue weighted by Gasteiger charge is 2.28. The first-order valence-electron chi connectivity index (χ1n) is 7.07. The molecule has 0 aliphatic carbocycles. The third-order valence-electron chi connectivity index (χ3n) is 3.98. The van der Waals surface area contributed by atoms with Crippen LogP contribution in [0.5, 0.6) is 0 Å². The summed E-state index contributed by atoms with van der Waals surface area (Å²) in [4.78, 5) is 29.0. The summed E-state index contributed by atoms with van der Waals surface area (Å²) in [5.41, 5.74) is 0. The number of piperazine rings is 1. The van der Waals surface area contributed by atoms with Crippen molar-refractivity contribution < 1.29 is 19.4 Å². The molecule has 7 nitrogen and oxygen atoms in total. The minimum atomic E-state index is -0.0915. The van der Waals surface area contributed by atoms with Crippen molar-refractivity contribution in [3.63, 3.8) is 0 Å². The van der Waals surface area contributed by atoms with E-state index in [-0.39, 0.29) is 24.5 Å². The Balaban J connectivity index is 1.81. The summed E-state index contributed by atoms with van der Waals surface area (Å²) in [6.07, 6.45) is 0. The van der Waals surface area contributed by atoms with Crippen LogP contribution in [0.15, 0.2) is 0 Å². The molecule has 0 aromatic carbocycles. The number of amides is 2. The maximum atomic E-state index is 12.3. The molecule has 1 N–H and O–H groups in total. The Morgan fingerprint density at radius 3 is 2.40 bits per heavy atom. The highest BCUT2D eigenvalue weighted by atomic mass is 16.5. The highest BCUT2D eigenvalue weighted by molar-refractivity contribution is 5.79. The smallest absolute Gasteiger partial charge is 0.236 e. The van der Waals surface area contributed by atoms with Gasteiger partial charge in [0.05, 0.1) is 32.4 Å². The van der Waals surface area contributed by atoms with E-state index >= 15 is 0 Å². The Bertz CT molecular complexity index is 356. The number of carbonyl (C=O) groups is 2. The average molecular weight is 285 g/mol. The van der Waals surface area contributed by atoms with Gasteiger partial charge in [-0.1, -0.05) is 0 Å². The molecular formula is C13H23N3O4. The van der Waals surface area contributed by atoms with E-state index in [1.54, 1.807) is 16.7 Å². The fourth-order valence-corrected chi connectivity index (χ4v) is 2.61. The number of aliphatic hydroxyl groups is 1. The molecule has 2 saturated heterocycles. The summed E-state index contributed by atoms with van der Waals surface area (Å²) in [5.74, 6) is 0.124. The van der Waals surface area contributed by atoms with Gasteiger partial charge in [-0.25, -0.2) is 0 Å². The molecule has 2 rings (SSSR count). The van der Waals surface area contributed by atoms with Gasteiger partial charge in [0, 0.05) is 39.6 Å². The lowest BCUT2D eigenvalue weighted by molar-refractivity contribution is -0.141. The van der Waals surface area contributed by atoms with Crippen LogP contribution in [0.4, 0.5) is 0 Å². The maximum Gasteiger partial charge on any atom is 0.236 e. The van der Waals surface area contributed by atoms with Crippen LogP contribution in [0.25, 0.3) is 0 Å². The normalized spacial score (nSPS) is 24.8. The zero-order chi connectivity index (χ0) is 14.5. The van der Waals surface area contributed by atoms with Crippen LogP contribution in [0.1, 0.15) is 6.92 Å². The van der Waals surface area contributed by atoms with Crippen LogP contribution in [0, 0.1) is 0 Å². The number of carbonyl (C=O) groups excluding carboxylic acids is 2. The van der Waals surface area contributed by atoms with Gasteiger partial charge in [0.15, 0.2) is 0 Å². The van der Waals surface area contributed by atoms with Gasteiger partial charge in [0.2, 0.25) is 11.8 Å². The van der Waals surface area contributed by atoms with Crippen LogP contribution >= 0.6 is 0 Å². The minimum Gasteiger partial charge on any atom is -0.395 e. The molecule has 2 aliphatic heterocycles. The molecule has 2 aliphatic rings. The molecule has 0 aromatic heterocycles. The first-order valence-corrected chi connectivity index (χ1v) is 7.07. The van der Waals surface area contributed by atoms with Gasteiger partial charge < -0.3 is 19.6 Å². The Hall–Kier alpha value is -1.18. The van der Waals surface area contributed by atoms with Crippen molar-refractivity contribution in [1.29, 1.82) is 0 Å². The molecule has 0 spiro atoms. The summed E-state index contributed by atoms with van der Waals surface area (Å²) in [6.45, 7) is 6.01. The molecule has 7 heteroatoms. The van der Waals surface area contributed by atoms with Gasteiger partial charge in [-0.15, -0.1) is 0 Å². The van der Waals surface area contributed by atoms with Crippen molar-refractivity contribution in [2.24, 2.45) is 0 Å². The molecule has 2 amide bonds. The van der Waals surface area contributed by atoms with Crippen molar-refractivity contribution in [3.8, 4) is 0 Å². The SMILES string of the molecule is CC(=O)N1CCN(C(=O)CN2CCOCC2CO)CC1. The van der Waals surface area contributed by atoms with Crippen molar-refractivity contribution >= 4 is 11.8 Å². The summed E-state index contributed by atoms with van der Waals surface area (Å²) < 4.78 is 5.30. The lowest BCUT2D eigenvalue weighted by atomic mass is 10.2. The van der Waals surface area contributed by atoms with Gasteiger partial charge in [0.1, 0.15) is 0 Å².